The van der Waals surface area contributed by atoms with Crippen LogP contribution in [0.15, 0.2) is 66.7 Å². The van der Waals surface area contributed by atoms with Crippen LogP contribution in [-0.2, 0) is 32.6 Å². The van der Waals surface area contributed by atoms with Gasteiger partial charge < -0.3 is 19.7 Å². The molecule has 0 saturated heterocycles. The number of sulfonamides is 1. The average molecular weight is 651 g/mol. The van der Waals surface area contributed by atoms with Crippen LogP contribution in [-0.4, -0.2) is 64.7 Å². The van der Waals surface area contributed by atoms with Crippen molar-refractivity contribution in [2.24, 2.45) is 5.92 Å². The maximum absolute atomic E-state index is 14.3. The Morgan fingerprint density at radius 3 is 2.23 bits per heavy atom. The second-order valence-corrected chi connectivity index (χ2v) is 13.2. The molecular weight excluding hydrogens is 613 g/mol. The number of amides is 2. The molecule has 232 valence electrons. The van der Waals surface area contributed by atoms with E-state index in [-0.39, 0.29) is 36.2 Å². The summed E-state index contributed by atoms with van der Waals surface area (Å²) in [7, 11) is -1.12. The number of rotatable bonds is 14. The molecule has 3 aromatic carbocycles. The number of ether oxygens (including phenoxy) is 2. The molecule has 1 atom stereocenters. The summed E-state index contributed by atoms with van der Waals surface area (Å²) >= 11 is 12.6. The summed E-state index contributed by atoms with van der Waals surface area (Å²) in [4.78, 5) is 29.4. The van der Waals surface area contributed by atoms with Crippen LogP contribution in [0.2, 0.25) is 10.0 Å². The van der Waals surface area contributed by atoms with Crippen LogP contribution < -0.4 is 19.1 Å². The summed E-state index contributed by atoms with van der Waals surface area (Å²) < 4.78 is 37.8. The average Bonchev–Trinajstić information content (AvgIpc) is 2.96. The third-order valence-corrected chi connectivity index (χ3v) is 8.36. The van der Waals surface area contributed by atoms with Crippen LogP contribution in [0.3, 0.4) is 0 Å². The quantitative estimate of drug-likeness (QED) is 0.258. The number of carbonyl (C=O) groups excluding carboxylic acids is 2. The maximum Gasteiger partial charge on any atom is 0.244 e. The van der Waals surface area contributed by atoms with Crippen LogP contribution in [0.25, 0.3) is 0 Å². The highest BCUT2D eigenvalue weighted by Gasteiger charge is 2.34. The molecule has 2 amide bonds. The predicted octanol–water partition coefficient (Wildman–Crippen LogP) is 5.19. The minimum absolute atomic E-state index is 0.0707. The van der Waals surface area contributed by atoms with Crippen LogP contribution >= 0.6 is 23.2 Å². The van der Waals surface area contributed by atoms with Crippen LogP contribution in [0.1, 0.15) is 25.0 Å². The fourth-order valence-electron chi connectivity index (χ4n) is 4.40. The van der Waals surface area contributed by atoms with Crippen molar-refractivity contribution < 1.29 is 27.5 Å². The Morgan fingerprint density at radius 2 is 1.65 bits per heavy atom. The maximum atomic E-state index is 14.3. The van der Waals surface area contributed by atoms with Gasteiger partial charge in [-0.05, 0) is 41.3 Å². The Morgan fingerprint density at radius 1 is 0.953 bits per heavy atom. The molecule has 3 rings (SSSR count). The van der Waals surface area contributed by atoms with Gasteiger partial charge in [0.25, 0.3) is 0 Å². The van der Waals surface area contributed by atoms with E-state index in [9.17, 15) is 18.0 Å². The van der Waals surface area contributed by atoms with Gasteiger partial charge in [0.2, 0.25) is 21.8 Å². The fourth-order valence-corrected chi connectivity index (χ4v) is 5.72. The van der Waals surface area contributed by atoms with Crippen molar-refractivity contribution in [2.75, 3.05) is 37.9 Å². The van der Waals surface area contributed by atoms with Crippen LogP contribution in [0, 0.1) is 5.92 Å². The monoisotopic (exact) mass is 649 g/mol. The van der Waals surface area contributed by atoms with Gasteiger partial charge in [0.15, 0.2) is 0 Å². The number of anilines is 1. The number of nitrogens with zero attached hydrogens (tertiary/aromatic N) is 2. The van der Waals surface area contributed by atoms with Crippen LogP contribution in [0.5, 0.6) is 11.5 Å². The minimum Gasteiger partial charge on any atom is -0.497 e. The lowest BCUT2D eigenvalue weighted by Gasteiger charge is -2.34. The van der Waals surface area contributed by atoms with E-state index < -0.39 is 28.5 Å². The van der Waals surface area contributed by atoms with Gasteiger partial charge in [-0.2, -0.15) is 0 Å². The van der Waals surface area contributed by atoms with Gasteiger partial charge in [0, 0.05) is 35.6 Å². The van der Waals surface area contributed by atoms with Gasteiger partial charge in [-0.3, -0.25) is 13.9 Å². The lowest BCUT2D eigenvalue weighted by Crippen LogP contribution is -2.53. The first-order chi connectivity index (χ1) is 20.3. The second-order valence-electron chi connectivity index (χ2n) is 10.4. The van der Waals surface area contributed by atoms with Crippen molar-refractivity contribution in [1.82, 2.24) is 10.2 Å². The third-order valence-electron chi connectivity index (χ3n) is 6.65. The summed E-state index contributed by atoms with van der Waals surface area (Å²) in [5.41, 5.74) is 1.51. The molecule has 0 aliphatic rings. The van der Waals surface area contributed by atoms with Crippen molar-refractivity contribution in [3.05, 3.63) is 87.9 Å². The van der Waals surface area contributed by atoms with E-state index in [1.165, 1.54) is 31.3 Å². The molecule has 0 fully saturated rings. The van der Waals surface area contributed by atoms with E-state index in [2.05, 4.69) is 5.32 Å². The molecule has 0 aliphatic carbocycles. The zero-order valence-corrected chi connectivity index (χ0v) is 27.2. The zero-order valence-electron chi connectivity index (χ0n) is 24.8. The molecule has 0 heterocycles. The van der Waals surface area contributed by atoms with Gasteiger partial charge in [0.05, 0.1) is 26.2 Å². The Kier molecular flexibility index (Phi) is 12.1. The van der Waals surface area contributed by atoms with Gasteiger partial charge in [-0.25, -0.2) is 8.42 Å². The predicted molar refractivity (Wildman–Crippen MR) is 171 cm³/mol. The second kappa shape index (κ2) is 15.3. The van der Waals surface area contributed by atoms with Gasteiger partial charge >= 0.3 is 0 Å². The first kappa shape index (κ1) is 34.0. The highest BCUT2D eigenvalue weighted by Crippen LogP contribution is 2.34. The summed E-state index contributed by atoms with van der Waals surface area (Å²) in [6, 6.07) is 17.8. The van der Waals surface area contributed by atoms with Crippen molar-refractivity contribution >= 4 is 50.7 Å². The zero-order chi connectivity index (χ0) is 31.7. The molecule has 1 N–H and O–H groups in total. The van der Waals surface area contributed by atoms with E-state index in [0.29, 0.717) is 27.9 Å². The number of carbonyl (C=O) groups is 2. The van der Waals surface area contributed by atoms with Crippen LogP contribution in [0.4, 0.5) is 5.69 Å². The molecule has 12 heteroatoms. The topological polar surface area (TPSA) is 105 Å². The Bertz CT molecular complexity index is 1520. The van der Waals surface area contributed by atoms with E-state index >= 15 is 0 Å². The standard InChI is InChI=1S/C31H37Cl2N3O6S/c1-21(2)18-34-31(38)28(15-22-9-7-6-8-10-22)35(19-23-11-12-24(32)16-26(23)33)30(37)20-36(43(5,39)40)27-14-13-25(41-3)17-29(27)42-4/h6-14,16-17,21,28H,15,18-20H2,1-5H3,(H,34,38). The van der Waals surface area contributed by atoms with Crippen molar-refractivity contribution in [1.29, 1.82) is 0 Å². The SMILES string of the molecule is COc1ccc(N(CC(=O)N(Cc2ccc(Cl)cc2Cl)C(Cc2ccccc2)C(=O)NCC(C)C)S(C)(=O)=O)c(OC)c1. The van der Waals surface area contributed by atoms with E-state index in [1.807, 2.05) is 44.2 Å². The van der Waals surface area contributed by atoms with E-state index in [0.717, 1.165) is 16.1 Å². The Balaban J connectivity index is 2.11. The molecule has 9 nitrogen and oxygen atoms in total. The summed E-state index contributed by atoms with van der Waals surface area (Å²) in [6.07, 6.45) is 1.19. The van der Waals surface area contributed by atoms with Crippen molar-refractivity contribution in [3.63, 3.8) is 0 Å². The number of hydrogen-bond donors (Lipinski definition) is 1. The van der Waals surface area contributed by atoms with Gasteiger partial charge in [-0.1, -0.05) is 73.4 Å². The highest BCUT2D eigenvalue weighted by molar-refractivity contribution is 7.92. The lowest BCUT2D eigenvalue weighted by molar-refractivity contribution is -0.140. The number of nitrogens with one attached hydrogen (secondary N) is 1. The van der Waals surface area contributed by atoms with Crippen molar-refractivity contribution in [2.45, 2.75) is 32.9 Å². The molecule has 1 unspecified atom stereocenters. The molecule has 3 aromatic rings. The number of halogens is 2. The van der Waals surface area contributed by atoms with Crippen molar-refractivity contribution in [3.8, 4) is 11.5 Å². The molecule has 0 saturated carbocycles. The molecule has 43 heavy (non-hydrogen) atoms. The smallest absolute Gasteiger partial charge is 0.244 e. The normalized spacial score (nSPS) is 12.0. The summed E-state index contributed by atoms with van der Waals surface area (Å²) in [6.45, 7) is 3.66. The molecule has 0 spiro atoms. The van der Waals surface area contributed by atoms with Gasteiger partial charge in [0.1, 0.15) is 24.1 Å². The lowest BCUT2D eigenvalue weighted by atomic mass is 10.0. The Hall–Kier alpha value is -3.47. The third kappa shape index (κ3) is 9.51. The summed E-state index contributed by atoms with van der Waals surface area (Å²) in [5, 5.41) is 3.66. The molecular formula is C31H37Cl2N3O6S. The van der Waals surface area contributed by atoms with E-state index in [1.54, 1.807) is 24.3 Å². The first-order valence-corrected chi connectivity index (χ1v) is 16.2. The molecule has 0 radical (unpaired) electrons. The largest absolute Gasteiger partial charge is 0.497 e. The highest BCUT2D eigenvalue weighted by atomic mass is 35.5. The number of benzene rings is 3. The Labute approximate surface area is 263 Å². The number of methoxy groups -OCH3 is 2. The molecule has 0 aliphatic heterocycles. The fraction of sp³-hybridized carbons (Fsp3) is 0.355. The molecule has 0 bridgehead atoms. The van der Waals surface area contributed by atoms with E-state index in [4.69, 9.17) is 32.7 Å². The minimum atomic E-state index is -3.99. The number of hydrogen-bond acceptors (Lipinski definition) is 6. The molecule has 0 aromatic heterocycles. The van der Waals surface area contributed by atoms with Gasteiger partial charge in [-0.15, -0.1) is 0 Å². The summed E-state index contributed by atoms with van der Waals surface area (Å²) in [5.74, 6) is -0.178. The first-order valence-electron chi connectivity index (χ1n) is 13.6.